The highest BCUT2D eigenvalue weighted by atomic mass is 32.1. The predicted octanol–water partition coefficient (Wildman–Crippen LogP) is 2.78. The van der Waals surface area contributed by atoms with Gasteiger partial charge in [0.25, 0.3) is 0 Å². The zero-order valence-corrected chi connectivity index (χ0v) is 13.7. The van der Waals surface area contributed by atoms with Crippen LogP contribution < -0.4 is 5.32 Å². The van der Waals surface area contributed by atoms with Gasteiger partial charge in [-0.05, 0) is 61.5 Å². The van der Waals surface area contributed by atoms with Crippen LogP contribution >= 0.6 is 12.2 Å². The molecule has 3 aromatic rings. The van der Waals surface area contributed by atoms with Gasteiger partial charge in [0, 0.05) is 18.1 Å². The fourth-order valence-corrected chi connectivity index (χ4v) is 2.70. The SMILES string of the molecule is Cc1cc(C)cc(NC(=O)Cn2ncn(-n3cccc3)c2=S)c1. The number of carbonyl (C=O) groups is 1. The number of benzene rings is 1. The van der Waals surface area contributed by atoms with Gasteiger partial charge in [-0.3, -0.25) is 9.47 Å². The molecule has 0 saturated carbocycles. The van der Waals surface area contributed by atoms with Crippen molar-refractivity contribution < 1.29 is 4.79 Å². The summed E-state index contributed by atoms with van der Waals surface area (Å²) in [6, 6.07) is 9.72. The molecule has 0 fully saturated rings. The van der Waals surface area contributed by atoms with E-state index >= 15 is 0 Å². The molecule has 23 heavy (non-hydrogen) atoms. The first-order valence-corrected chi connectivity index (χ1v) is 7.60. The van der Waals surface area contributed by atoms with Gasteiger partial charge in [-0.25, -0.2) is 9.36 Å². The molecule has 0 bridgehead atoms. The lowest BCUT2D eigenvalue weighted by Gasteiger charge is -2.08. The Morgan fingerprint density at radius 1 is 1.17 bits per heavy atom. The molecule has 7 heteroatoms. The van der Waals surface area contributed by atoms with Crippen LogP contribution in [0.4, 0.5) is 5.69 Å². The molecule has 118 valence electrons. The largest absolute Gasteiger partial charge is 0.324 e. The Hall–Kier alpha value is -2.67. The van der Waals surface area contributed by atoms with E-state index < -0.39 is 0 Å². The summed E-state index contributed by atoms with van der Waals surface area (Å²) in [5.74, 6) is -0.163. The monoisotopic (exact) mass is 327 g/mol. The molecule has 0 saturated heterocycles. The Kier molecular flexibility index (Phi) is 4.12. The van der Waals surface area contributed by atoms with Crippen LogP contribution in [0.1, 0.15) is 11.1 Å². The van der Waals surface area contributed by atoms with Gasteiger partial charge in [0.1, 0.15) is 12.9 Å². The van der Waals surface area contributed by atoms with Crippen LogP contribution in [0.5, 0.6) is 0 Å². The molecule has 0 aliphatic rings. The number of rotatable bonds is 4. The quantitative estimate of drug-likeness (QED) is 0.750. The maximum Gasteiger partial charge on any atom is 0.246 e. The number of anilines is 1. The van der Waals surface area contributed by atoms with Crippen molar-refractivity contribution in [3.8, 4) is 0 Å². The second-order valence-electron chi connectivity index (χ2n) is 5.40. The predicted molar refractivity (Wildman–Crippen MR) is 90.8 cm³/mol. The van der Waals surface area contributed by atoms with Gasteiger partial charge in [-0.1, -0.05) is 6.07 Å². The normalized spacial score (nSPS) is 10.7. The van der Waals surface area contributed by atoms with Crippen molar-refractivity contribution in [2.45, 2.75) is 20.4 Å². The third-order valence-electron chi connectivity index (χ3n) is 3.35. The van der Waals surface area contributed by atoms with Gasteiger partial charge in [-0.2, -0.15) is 5.10 Å². The summed E-state index contributed by atoms with van der Waals surface area (Å²) in [5.41, 5.74) is 2.99. The molecule has 2 aromatic heterocycles. The molecule has 2 heterocycles. The highest BCUT2D eigenvalue weighted by Crippen LogP contribution is 2.13. The lowest BCUT2D eigenvalue weighted by molar-refractivity contribution is -0.116. The highest BCUT2D eigenvalue weighted by Gasteiger charge is 2.08. The zero-order chi connectivity index (χ0) is 16.4. The number of nitrogens with zero attached hydrogens (tertiary/aromatic N) is 4. The van der Waals surface area contributed by atoms with Crippen molar-refractivity contribution in [2.75, 3.05) is 5.32 Å². The molecule has 0 radical (unpaired) electrons. The van der Waals surface area contributed by atoms with Crippen molar-refractivity contribution in [3.05, 3.63) is 65.0 Å². The summed E-state index contributed by atoms with van der Waals surface area (Å²) in [6.45, 7) is 4.06. The molecule has 0 aliphatic heterocycles. The zero-order valence-electron chi connectivity index (χ0n) is 12.9. The fourth-order valence-electron chi connectivity index (χ4n) is 2.45. The summed E-state index contributed by atoms with van der Waals surface area (Å²) in [4.78, 5) is 12.2. The number of aromatic nitrogens is 4. The maximum atomic E-state index is 12.2. The van der Waals surface area contributed by atoms with Crippen molar-refractivity contribution in [2.24, 2.45) is 0 Å². The molecule has 0 spiro atoms. The Bertz CT molecular complexity index is 871. The fraction of sp³-hybridized carbons (Fsp3) is 0.188. The Morgan fingerprint density at radius 3 is 2.48 bits per heavy atom. The molecular weight excluding hydrogens is 310 g/mol. The van der Waals surface area contributed by atoms with Crippen LogP contribution in [-0.4, -0.2) is 25.0 Å². The molecule has 0 aliphatic carbocycles. The Labute approximate surface area is 139 Å². The number of carbonyl (C=O) groups excluding carboxylic acids is 1. The number of amides is 1. The second kappa shape index (κ2) is 6.21. The summed E-state index contributed by atoms with van der Waals surface area (Å²) in [5, 5.41) is 7.06. The Morgan fingerprint density at radius 2 is 1.83 bits per heavy atom. The average Bonchev–Trinajstić information content (AvgIpc) is 3.08. The van der Waals surface area contributed by atoms with Crippen LogP contribution in [0.3, 0.4) is 0 Å². The Balaban J connectivity index is 1.75. The van der Waals surface area contributed by atoms with E-state index in [-0.39, 0.29) is 12.5 Å². The van der Waals surface area contributed by atoms with Gasteiger partial charge >= 0.3 is 0 Å². The van der Waals surface area contributed by atoms with E-state index in [2.05, 4.69) is 16.5 Å². The van der Waals surface area contributed by atoms with E-state index in [1.54, 1.807) is 15.7 Å². The third-order valence-corrected chi connectivity index (χ3v) is 3.75. The molecular formula is C16H17N5OS. The number of hydrogen-bond acceptors (Lipinski definition) is 3. The van der Waals surface area contributed by atoms with Crippen molar-refractivity contribution in [1.29, 1.82) is 0 Å². The van der Waals surface area contributed by atoms with Gasteiger partial charge < -0.3 is 5.32 Å². The van der Waals surface area contributed by atoms with E-state index in [4.69, 9.17) is 12.2 Å². The standard InChI is InChI=1S/C16H17N5OS/c1-12-7-13(2)9-14(8-12)18-15(22)10-20-16(23)21(11-17-20)19-5-3-4-6-19/h3-9,11H,10H2,1-2H3,(H,18,22). The molecule has 3 rings (SSSR count). The van der Waals surface area contributed by atoms with Crippen LogP contribution in [-0.2, 0) is 11.3 Å². The molecule has 0 atom stereocenters. The molecule has 6 nitrogen and oxygen atoms in total. The third kappa shape index (κ3) is 3.40. The van der Waals surface area contributed by atoms with Crippen LogP contribution in [0.15, 0.2) is 49.1 Å². The summed E-state index contributed by atoms with van der Waals surface area (Å²) in [6.07, 6.45) is 5.31. The topological polar surface area (TPSA) is 56.8 Å². The highest BCUT2D eigenvalue weighted by molar-refractivity contribution is 7.71. The number of hydrogen-bond donors (Lipinski definition) is 1. The van der Waals surface area contributed by atoms with Crippen LogP contribution in [0.2, 0.25) is 0 Å². The minimum Gasteiger partial charge on any atom is -0.324 e. The first kappa shape index (κ1) is 15.2. The van der Waals surface area contributed by atoms with Gasteiger partial charge in [0.15, 0.2) is 0 Å². The summed E-state index contributed by atoms with van der Waals surface area (Å²) >= 11 is 5.36. The summed E-state index contributed by atoms with van der Waals surface area (Å²) in [7, 11) is 0. The van der Waals surface area contributed by atoms with Crippen molar-refractivity contribution >= 4 is 23.8 Å². The van der Waals surface area contributed by atoms with Crippen LogP contribution in [0, 0.1) is 18.6 Å². The van der Waals surface area contributed by atoms with E-state index in [0.29, 0.717) is 4.77 Å². The lowest BCUT2D eigenvalue weighted by atomic mass is 10.1. The minimum atomic E-state index is -0.163. The molecule has 0 unspecified atom stereocenters. The smallest absolute Gasteiger partial charge is 0.246 e. The first-order chi connectivity index (χ1) is 11.0. The minimum absolute atomic E-state index is 0.0695. The maximum absolute atomic E-state index is 12.2. The van der Waals surface area contributed by atoms with E-state index in [1.807, 2.05) is 50.5 Å². The summed E-state index contributed by atoms with van der Waals surface area (Å²) < 4.78 is 5.44. The second-order valence-corrected chi connectivity index (χ2v) is 5.77. The van der Waals surface area contributed by atoms with Gasteiger partial charge in [0.2, 0.25) is 10.7 Å². The van der Waals surface area contributed by atoms with Crippen molar-refractivity contribution in [3.63, 3.8) is 0 Å². The lowest BCUT2D eigenvalue weighted by Crippen LogP contribution is -2.20. The first-order valence-electron chi connectivity index (χ1n) is 7.19. The number of aryl methyl sites for hydroxylation is 2. The van der Waals surface area contributed by atoms with E-state index in [0.717, 1.165) is 16.8 Å². The molecule has 1 N–H and O–H groups in total. The average molecular weight is 327 g/mol. The molecule has 1 aromatic carbocycles. The van der Waals surface area contributed by atoms with Gasteiger partial charge in [-0.15, -0.1) is 0 Å². The van der Waals surface area contributed by atoms with E-state index in [1.165, 1.54) is 4.68 Å². The van der Waals surface area contributed by atoms with Crippen molar-refractivity contribution in [1.82, 2.24) is 19.1 Å². The van der Waals surface area contributed by atoms with Crippen LogP contribution in [0.25, 0.3) is 0 Å². The molecule has 1 amide bonds. The van der Waals surface area contributed by atoms with Gasteiger partial charge in [0.05, 0.1) is 0 Å². The number of nitrogens with one attached hydrogen (secondary N) is 1. The van der Waals surface area contributed by atoms with E-state index in [9.17, 15) is 4.79 Å².